The van der Waals surface area contributed by atoms with Gasteiger partial charge in [0.15, 0.2) is 6.61 Å². The highest BCUT2D eigenvalue weighted by molar-refractivity contribution is 6.04. The van der Waals surface area contributed by atoms with E-state index in [4.69, 9.17) is 9.47 Å². The summed E-state index contributed by atoms with van der Waals surface area (Å²) in [6.07, 6.45) is 2.98. The monoisotopic (exact) mass is 435 g/mol. The SMILES string of the molecule is COc1ccc(NC(=O)Cn2cc(NC(=O)CN3C(=O)COc4ccccc43)cn2)cc1. The van der Waals surface area contributed by atoms with Crippen LogP contribution in [0, 0.1) is 0 Å². The average molecular weight is 435 g/mol. The number of methoxy groups -OCH3 is 1. The van der Waals surface area contributed by atoms with Crippen molar-refractivity contribution in [3.63, 3.8) is 0 Å². The number of fused-ring (bicyclic) bond motifs is 1. The maximum Gasteiger partial charge on any atom is 0.265 e. The van der Waals surface area contributed by atoms with Crippen molar-refractivity contribution in [2.45, 2.75) is 6.54 Å². The van der Waals surface area contributed by atoms with Gasteiger partial charge in [0.25, 0.3) is 5.91 Å². The molecule has 0 bridgehead atoms. The molecule has 3 aromatic rings. The fourth-order valence-electron chi connectivity index (χ4n) is 3.21. The zero-order chi connectivity index (χ0) is 22.5. The minimum Gasteiger partial charge on any atom is -0.497 e. The van der Waals surface area contributed by atoms with Crippen molar-refractivity contribution >= 4 is 34.8 Å². The van der Waals surface area contributed by atoms with Crippen molar-refractivity contribution in [1.29, 1.82) is 0 Å². The molecule has 1 aliphatic rings. The molecule has 0 spiro atoms. The minimum atomic E-state index is -0.391. The van der Waals surface area contributed by atoms with Gasteiger partial charge in [-0.05, 0) is 36.4 Å². The first-order chi connectivity index (χ1) is 15.5. The predicted octanol–water partition coefficient (Wildman–Crippen LogP) is 1.89. The molecule has 2 N–H and O–H groups in total. The number of nitrogens with zero attached hydrogens (tertiary/aromatic N) is 3. The van der Waals surface area contributed by atoms with Crippen LogP contribution in [-0.2, 0) is 20.9 Å². The molecule has 1 aliphatic heterocycles. The summed E-state index contributed by atoms with van der Waals surface area (Å²) in [4.78, 5) is 38.3. The van der Waals surface area contributed by atoms with Gasteiger partial charge in [-0.25, -0.2) is 0 Å². The van der Waals surface area contributed by atoms with Gasteiger partial charge in [0.2, 0.25) is 11.8 Å². The van der Waals surface area contributed by atoms with Crippen LogP contribution in [0.15, 0.2) is 60.9 Å². The fraction of sp³-hybridized carbons (Fsp3) is 0.182. The smallest absolute Gasteiger partial charge is 0.265 e. The molecule has 0 radical (unpaired) electrons. The Morgan fingerprint density at radius 1 is 1.03 bits per heavy atom. The molecule has 2 aromatic carbocycles. The van der Waals surface area contributed by atoms with Crippen molar-refractivity contribution < 1.29 is 23.9 Å². The molecule has 164 valence electrons. The van der Waals surface area contributed by atoms with Gasteiger partial charge in [-0.15, -0.1) is 0 Å². The Balaban J connectivity index is 1.32. The molecule has 1 aromatic heterocycles. The van der Waals surface area contributed by atoms with E-state index in [1.54, 1.807) is 61.8 Å². The van der Waals surface area contributed by atoms with Crippen LogP contribution in [0.5, 0.6) is 11.5 Å². The zero-order valence-corrected chi connectivity index (χ0v) is 17.3. The van der Waals surface area contributed by atoms with Crippen LogP contribution in [0.2, 0.25) is 0 Å². The van der Waals surface area contributed by atoms with Crippen molar-refractivity contribution in [1.82, 2.24) is 9.78 Å². The third kappa shape index (κ3) is 4.86. The van der Waals surface area contributed by atoms with Crippen LogP contribution in [-0.4, -0.2) is 47.8 Å². The lowest BCUT2D eigenvalue weighted by Gasteiger charge is -2.28. The average Bonchev–Trinajstić information content (AvgIpc) is 3.22. The summed E-state index contributed by atoms with van der Waals surface area (Å²) in [7, 11) is 1.57. The molecular weight excluding hydrogens is 414 g/mol. The van der Waals surface area contributed by atoms with Crippen molar-refractivity contribution in [2.24, 2.45) is 0 Å². The molecule has 3 amide bonds. The number of carbonyl (C=O) groups is 3. The molecule has 0 atom stereocenters. The molecule has 0 fully saturated rings. The van der Waals surface area contributed by atoms with E-state index in [0.717, 1.165) is 0 Å². The zero-order valence-electron chi connectivity index (χ0n) is 17.3. The number of nitrogens with one attached hydrogen (secondary N) is 2. The van der Waals surface area contributed by atoms with Crippen molar-refractivity contribution in [3.8, 4) is 11.5 Å². The first kappa shape index (κ1) is 20.9. The largest absolute Gasteiger partial charge is 0.497 e. The maximum absolute atomic E-state index is 12.5. The summed E-state index contributed by atoms with van der Waals surface area (Å²) in [5.41, 5.74) is 1.60. The number of carbonyl (C=O) groups excluding carboxylic acids is 3. The maximum atomic E-state index is 12.5. The Bertz CT molecular complexity index is 1140. The quantitative estimate of drug-likeness (QED) is 0.586. The molecule has 4 rings (SSSR count). The van der Waals surface area contributed by atoms with Gasteiger partial charge >= 0.3 is 0 Å². The standard InChI is InChI=1S/C22H21N5O5/c1-31-17-8-6-15(7-9-17)24-20(28)12-26-11-16(10-23-26)25-21(29)13-27-18-4-2-3-5-19(18)32-14-22(27)30/h2-11H,12-14H2,1H3,(H,24,28)(H,25,29). The number of hydrogen-bond acceptors (Lipinski definition) is 6. The lowest BCUT2D eigenvalue weighted by Crippen LogP contribution is -2.43. The number of hydrogen-bond donors (Lipinski definition) is 2. The van der Waals surface area contributed by atoms with E-state index in [0.29, 0.717) is 28.6 Å². The minimum absolute atomic E-state index is 0.0305. The first-order valence-electron chi connectivity index (χ1n) is 9.80. The Kier molecular flexibility index (Phi) is 6.02. The number of benzene rings is 2. The lowest BCUT2D eigenvalue weighted by molar-refractivity contribution is -0.123. The van der Waals surface area contributed by atoms with Crippen LogP contribution < -0.4 is 25.0 Å². The van der Waals surface area contributed by atoms with E-state index in [9.17, 15) is 14.4 Å². The Morgan fingerprint density at radius 3 is 2.53 bits per heavy atom. The van der Waals surface area contributed by atoms with E-state index >= 15 is 0 Å². The number of anilines is 3. The van der Waals surface area contributed by atoms with E-state index < -0.39 is 5.91 Å². The van der Waals surface area contributed by atoms with Crippen LogP contribution in [0.4, 0.5) is 17.1 Å². The molecule has 0 saturated heterocycles. The second-order valence-electron chi connectivity index (χ2n) is 6.99. The summed E-state index contributed by atoms with van der Waals surface area (Å²) < 4.78 is 11.9. The van der Waals surface area contributed by atoms with Crippen molar-refractivity contribution in [3.05, 3.63) is 60.9 Å². The molecule has 0 unspecified atom stereocenters. The fourth-order valence-corrected chi connectivity index (χ4v) is 3.21. The first-order valence-corrected chi connectivity index (χ1v) is 9.80. The Labute approximate surface area is 183 Å². The third-order valence-corrected chi connectivity index (χ3v) is 4.71. The highest BCUT2D eigenvalue weighted by atomic mass is 16.5. The van der Waals surface area contributed by atoms with Crippen molar-refractivity contribution in [2.75, 3.05) is 35.8 Å². The molecule has 2 heterocycles. The topological polar surface area (TPSA) is 115 Å². The van der Waals surface area contributed by atoms with Gasteiger partial charge in [0.05, 0.1) is 24.7 Å². The van der Waals surface area contributed by atoms with Gasteiger partial charge in [0, 0.05) is 11.9 Å². The second-order valence-corrected chi connectivity index (χ2v) is 6.99. The predicted molar refractivity (Wildman–Crippen MR) is 117 cm³/mol. The summed E-state index contributed by atoms with van der Waals surface area (Å²) in [5.74, 6) is 0.280. The molecule has 0 saturated carbocycles. The molecule has 32 heavy (non-hydrogen) atoms. The van der Waals surface area contributed by atoms with E-state index in [1.165, 1.54) is 15.8 Å². The van der Waals surface area contributed by atoms with E-state index in [-0.39, 0.29) is 31.5 Å². The lowest BCUT2D eigenvalue weighted by atomic mass is 10.2. The second kappa shape index (κ2) is 9.21. The van der Waals surface area contributed by atoms with Gasteiger partial charge in [-0.2, -0.15) is 5.10 Å². The Hall–Kier alpha value is -4.34. The highest BCUT2D eigenvalue weighted by Gasteiger charge is 2.27. The number of amides is 3. The van der Waals surface area contributed by atoms with E-state index in [2.05, 4.69) is 15.7 Å². The summed E-state index contributed by atoms with van der Waals surface area (Å²) in [6.45, 7) is -0.314. The summed E-state index contributed by atoms with van der Waals surface area (Å²) in [6, 6.07) is 14.0. The van der Waals surface area contributed by atoms with Gasteiger partial charge < -0.3 is 20.1 Å². The van der Waals surface area contributed by atoms with Gasteiger partial charge in [0.1, 0.15) is 24.6 Å². The van der Waals surface area contributed by atoms with Crippen LogP contribution in [0.25, 0.3) is 0 Å². The molecule has 0 aliphatic carbocycles. The van der Waals surface area contributed by atoms with Gasteiger partial charge in [-0.3, -0.25) is 24.0 Å². The number of ether oxygens (including phenoxy) is 2. The summed E-state index contributed by atoms with van der Waals surface area (Å²) in [5, 5.41) is 9.55. The molecule has 10 heteroatoms. The van der Waals surface area contributed by atoms with Crippen LogP contribution in [0.1, 0.15) is 0 Å². The number of aromatic nitrogens is 2. The number of rotatable bonds is 7. The molecule has 10 nitrogen and oxygen atoms in total. The molecular formula is C22H21N5O5. The van der Waals surface area contributed by atoms with Gasteiger partial charge in [-0.1, -0.05) is 12.1 Å². The van der Waals surface area contributed by atoms with E-state index in [1.807, 2.05) is 0 Å². The Morgan fingerprint density at radius 2 is 1.75 bits per heavy atom. The van der Waals surface area contributed by atoms with Crippen LogP contribution in [0.3, 0.4) is 0 Å². The third-order valence-electron chi connectivity index (χ3n) is 4.71. The summed E-state index contributed by atoms with van der Waals surface area (Å²) >= 11 is 0. The normalized spacial score (nSPS) is 12.5. The number of para-hydroxylation sites is 2. The van der Waals surface area contributed by atoms with Crippen LogP contribution >= 0.6 is 0 Å². The highest BCUT2D eigenvalue weighted by Crippen LogP contribution is 2.31.